The maximum atomic E-state index is 3.15. The molecule has 1 rings (SSSR count). The first-order valence-electron chi connectivity index (χ1n) is 4.14. The van der Waals surface area contributed by atoms with Crippen molar-refractivity contribution in [1.82, 2.24) is 0 Å². The Labute approximate surface area is 64.0 Å². The zero-order chi connectivity index (χ0) is 7.23. The lowest BCUT2D eigenvalue weighted by molar-refractivity contribution is 0.422. The lowest BCUT2D eigenvalue weighted by Gasteiger charge is -2.18. The molecule has 10 heavy (non-hydrogen) atoms. The maximum absolute atomic E-state index is 3.15. The molecule has 1 fully saturated rings. The van der Waals surface area contributed by atoms with Crippen LogP contribution in [0.4, 0.5) is 0 Å². The van der Waals surface area contributed by atoms with Gasteiger partial charge in [-0.3, -0.25) is 0 Å². The minimum absolute atomic E-state index is 0.876. The normalized spacial score (nSPS) is 19.7. The van der Waals surface area contributed by atoms with Crippen molar-refractivity contribution >= 4 is 0 Å². The first-order chi connectivity index (χ1) is 4.93. The van der Waals surface area contributed by atoms with Gasteiger partial charge in [0.1, 0.15) is 0 Å². The van der Waals surface area contributed by atoms with E-state index in [9.17, 15) is 0 Å². The molecule has 1 aliphatic rings. The summed E-state index contributed by atoms with van der Waals surface area (Å²) in [5.74, 6) is 6.98. The van der Waals surface area contributed by atoms with Crippen molar-refractivity contribution in [2.24, 2.45) is 5.92 Å². The zero-order valence-corrected chi connectivity index (χ0v) is 6.69. The van der Waals surface area contributed by atoms with Crippen molar-refractivity contribution < 1.29 is 0 Å². The van der Waals surface area contributed by atoms with Gasteiger partial charge in [0.2, 0.25) is 0 Å². The number of hydrogen-bond acceptors (Lipinski definition) is 0. The molecule has 0 spiro atoms. The van der Waals surface area contributed by atoms with E-state index in [4.69, 9.17) is 0 Å². The summed E-state index contributed by atoms with van der Waals surface area (Å²) in [5.41, 5.74) is 0. The Morgan fingerprint density at radius 3 is 3.10 bits per heavy atom. The van der Waals surface area contributed by atoms with Gasteiger partial charge in [-0.25, -0.2) is 0 Å². The molecule has 0 heteroatoms. The molecule has 0 N–H and O–H groups in total. The fraction of sp³-hybridized carbons (Fsp3) is 0.700. The van der Waals surface area contributed by atoms with Crippen LogP contribution in [-0.2, 0) is 0 Å². The Bertz CT molecular complexity index is 130. The van der Waals surface area contributed by atoms with E-state index in [0.29, 0.717) is 0 Å². The standard InChI is InChI=1S/C10H15/c1-2-3-7-10-8-5-4-6-9-10/h5,10H,4,6-9H2,1H3. The van der Waals surface area contributed by atoms with Gasteiger partial charge in [-0.1, -0.05) is 12.8 Å². The molecule has 0 heterocycles. The molecular formula is C10H15. The van der Waals surface area contributed by atoms with Crippen molar-refractivity contribution in [1.29, 1.82) is 0 Å². The molecule has 0 bridgehead atoms. The van der Waals surface area contributed by atoms with Gasteiger partial charge in [0.25, 0.3) is 0 Å². The summed E-state index contributed by atoms with van der Waals surface area (Å²) >= 11 is 0. The minimum Gasteiger partial charge on any atom is -0.107 e. The van der Waals surface area contributed by atoms with E-state index in [-0.39, 0.29) is 0 Å². The summed E-state index contributed by atoms with van der Waals surface area (Å²) in [6.07, 6.45) is 8.94. The summed E-state index contributed by atoms with van der Waals surface area (Å²) in [4.78, 5) is 0. The van der Waals surface area contributed by atoms with Gasteiger partial charge in [0.05, 0.1) is 0 Å². The predicted molar refractivity (Wildman–Crippen MR) is 44.3 cm³/mol. The summed E-state index contributed by atoms with van der Waals surface area (Å²) < 4.78 is 0. The monoisotopic (exact) mass is 135 g/mol. The van der Waals surface area contributed by atoms with Crippen LogP contribution in [0.1, 0.15) is 39.0 Å². The molecule has 0 aromatic carbocycles. The smallest absolute Gasteiger partial charge is 0.0117 e. The Hall–Kier alpha value is -0.440. The van der Waals surface area contributed by atoms with Gasteiger partial charge in [-0.15, -0.1) is 11.8 Å². The molecule has 0 aromatic heterocycles. The van der Waals surface area contributed by atoms with Crippen LogP contribution in [0.15, 0.2) is 0 Å². The molecule has 1 saturated carbocycles. The minimum atomic E-state index is 0.876. The highest BCUT2D eigenvalue weighted by atomic mass is 14.2. The van der Waals surface area contributed by atoms with E-state index in [1.807, 2.05) is 6.92 Å². The fourth-order valence-corrected chi connectivity index (χ4v) is 1.45. The van der Waals surface area contributed by atoms with Gasteiger partial charge >= 0.3 is 0 Å². The first-order valence-corrected chi connectivity index (χ1v) is 4.14. The van der Waals surface area contributed by atoms with E-state index in [2.05, 4.69) is 18.3 Å². The van der Waals surface area contributed by atoms with Gasteiger partial charge in [-0.2, -0.15) is 0 Å². The van der Waals surface area contributed by atoms with Crippen molar-refractivity contribution in [2.75, 3.05) is 0 Å². The lowest BCUT2D eigenvalue weighted by Crippen LogP contribution is -2.05. The molecule has 55 valence electrons. The van der Waals surface area contributed by atoms with E-state index in [0.717, 1.165) is 12.3 Å². The van der Waals surface area contributed by atoms with Gasteiger partial charge in [0, 0.05) is 6.42 Å². The topological polar surface area (TPSA) is 0 Å². The van der Waals surface area contributed by atoms with Crippen LogP contribution in [0.3, 0.4) is 0 Å². The van der Waals surface area contributed by atoms with Crippen LogP contribution in [0, 0.1) is 24.2 Å². The van der Waals surface area contributed by atoms with Crippen LogP contribution >= 0.6 is 0 Å². The van der Waals surface area contributed by atoms with E-state index >= 15 is 0 Å². The average Bonchev–Trinajstić information content (AvgIpc) is 2.03. The lowest BCUT2D eigenvalue weighted by atomic mass is 9.87. The Kier molecular flexibility index (Phi) is 3.36. The highest BCUT2D eigenvalue weighted by Gasteiger charge is 2.11. The molecule has 0 nitrogen and oxygen atoms in total. The molecule has 0 aromatic rings. The summed E-state index contributed by atoms with van der Waals surface area (Å²) in [7, 11) is 0. The van der Waals surface area contributed by atoms with Crippen LogP contribution in [0.25, 0.3) is 0 Å². The third kappa shape index (κ3) is 2.43. The average molecular weight is 135 g/mol. The second-order valence-corrected chi connectivity index (χ2v) is 2.95. The van der Waals surface area contributed by atoms with Crippen LogP contribution < -0.4 is 0 Å². The van der Waals surface area contributed by atoms with E-state index in [1.165, 1.54) is 25.7 Å². The Morgan fingerprint density at radius 2 is 2.50 bits per heavy atom. The van der Waals surface area contributed by atoms with E-state index < -0.39 is 0 Å². The zero-order valence-electron chi connectivity index (χ0n) is 6.69. The molecule has 1 unspecified atom stereocenters. The summed E-state index contributed by atoms with van der Waals surface area (Å²) in [5, 5.41) is 0. The van der Waals surface area contributed by atoms with E-state index in [1.54, 1.807) is 0 Å². The summed E-state index contributed by atoms with van der Waals surface area (Å²) in [6.45, 7) is 1.92. The fourth-order valence-electron chi connectivity index (χ4n) is 1.45. The summed E-state index contributed by atoms with van der Waals surface area (Å²) in [6, 6.07) is 0. The molecular weight excluding hydrogens is 120 g/mol. The molecule has 0 aliphatic heterocycles. The van der Waals surface area contributed by atoms with Crippen molar-refractivity contribution in [2.45, 2.75) is 39.0 Å². The number of rotatable bonds is 1. The van der Waals surface area contributed by atoms with Crippen LogP contribution in [-0.4, -0.2) is 0 Å². The van der Waals surface area contributed by atoms with Gasteiger partial charge < -0.3 is 0 Å². The Balaban J connectivity index is 2.17. The predicted octanol–water partition coefficient (Wildman–Crippen LogP) is 2.79. The quantitative estimate of drug-likeness (QED) is 0.485. The first kappa shape index (κ1) is 7.66. The van der Waals surface area contributed by atoms with Crippen molar-refractivity contribution in [3.8, 4) is 11.8 Å². The molecule has 1 radical (unpaired) electrons. The Morgan fingerprint density at radius 1 is 1.60 bits per heavy atom. The van der Waals surface area contributed by atoms with Crippen molar-refractivity contribution in [3.63, 3.8) is 0 Å². The number of hydrogen-bond donors (Lipinski definition) is 0. The highest BCUT2D eigenvalue weighted by molar-refractivity contribution is 4.97. The second-order valence-electron chi connectivity index (χ2n) is 2.95. The molecule has 1 aliphatic carbocycles. The SMILES string of the molecule is CC#CCC1C[CH]CCC1. The van der Waals surface area contributed by atoms with Crippen molar-refractivity contribution in [3.05, 3.63) is 6.42 Å². The van der Waals surface area contributed by atoms with Crippen LogP contribution in [0.2, 0.25) is 0 Å². The van der Waals surface area contributed by atoms with Crippen LogP contribution in [0.5, 0.6) is 0 Å². The van der Waals surface area contributed by atoms with Gasteiger partial charge in [0.15, 0.2) is 0 Å². The second kappa shape index (κ2) is 4.39. The molecule has 1 atom stereocenters. The maximum Gasteiger partial charge on any atom is 0.0117 e. The molecule has 0 saturated heterocycles. The third-order valence-corrected chi connectivity index (χ3v) is 2.09. The third-order valence-electron chi connectivity index (χ3n) is 2.09. The van der Waals surface area contributed by atoms with Gasteiger partial charge in [-0.05, 0) is 32.1 Å². The largest absolute Gasteiger partial charge is 0.107 e. The molecule has 0 amide bonds. The highest BCUT2D eigenvalue weighted by Crippen LogP contribution is 2.24.